The van der Waals surface area contributed by atoms with Crippen molar-refractivity contribution in [1.29, 1.82) is 0 Å². The summed E-state index contributed by atoms with van der Waals surface area (Å²) in [7, 11) is 3.20. The summed E-state index contributed by atoms with van der Waals surface area (Å²) in [5.41, 5.74) is 2.68. The lowest BCUT2D eigenvalue weighted by Gasteiger charge is -2.12. The molecule has 0 fully saturated rings. The van der Waals surface area contributed by atoms with Crippen LogP contribution in [0.5, 0.6) is 11.5 Å². The molecule has 0 aliphatic rings. The molecule has 0 saturated carbocycles. The molecular formula is C29H32FN3O4S2. The van der Waals surface area contributed by atoms with E-state index in [9.17, 15) is 14.0 Å². The normalized spacial score (nSPS) is 11.1. The van der Waals surface area contributed by atoms with Crippen LogP contribution >= 0.6 is 23.1 Å². The highest BCUT2D eigenvalue weighted by atomic mass is 32.2. The van der Waals surface area contributed by atoms with Gasteiger partial charge < -0.3 is 14.8 Å². The van der Waals surface area contributed by atoms with Gasteiger partial charge in [0.25, 0.3) is 5.56 Å². The summed E-state index contributed by atoms with van der Waals surface area (Å²) in [6.07, 6.45) is 3.46. The fourth-order valence-electron chi connectivity index (χ4n) is 4.16. The molecule has 4 aromatic rings. The first-order valence-corrected chi connectivity index (χ1v) is 14.7. The van der Waals surface area contributed by atoms with Gasteiger partial charge in [0.05, 0.1) is 19.7 Å². The molecular weight excluding hydrogens is 537 g/mol. The number of fused-ring (bicyclic) bond motifs is 1. The number of rotatable bonds is 14. The van der Waals surface area contributed by atoms with E-state index in [0.717, 1.165) is 30.4 Å². The molecule has 7 nitrogen and oxygen atoms in total. The maximum Gasteiger partial charge on any atom is 0.272 e. The molecule has 10 heteroatoms. The highest BCUT2D eigenvalue weighted by Gasteiger charge is 2.13. The molecule has 0 aliphatic carbocycles. The second kappa shape index (κ2) is 14.1. The number of thiophene rings is 1. The van der Waals surface area contributed by atoms with Crippen molar-refractivity contribution in [2.75, 3.05) is 20.8 Å². The van der Waals surface area contributed by atoms with Crippen molar-refractivity contribution in [3.05, 3.63) is 81.2 Å². The van der Waals surface area contributed by atoms with Gasteiger partial charge in [0.1, 0.15) is 10.5 Å². The molecule has 1 N–H and O–H groups in total. The molecule has 0 aliphatic heterocycles. The minimum Gasteiger partial charge on any atom is -0.493 e. The standard InChI is InChI=1S/C29H32FN3O4S2/c1-36-24-12-9-20(18-25(24)37-2)13-15-31-26(34)6-4-3-5-16-33-28(35)27-23(14-17-38-27)32-29(33)39-19-21-7-10-22(30)11-8-21/h7-12,14,17-18H,3-6,13,15-16,19H2,1-2H3,(H,31,34). The van der Waals surface area contributed by atoms with Gasteiger partial charge in [-0.2, -0.15) is 0 Å². The van der Waals surface area contributed by atoms with Crippen LogP contribution in [0.4, 0.5) is 4.39 Å². The lowest BCUT2D eigenvalue weighted by Crippen LogP contribution is -2.25. The molecule has 0 spiro atoms. The van der Waals surface area contributed by atoms with E-state index in [2.05, 4.69) is 5.32 Å². The van der Waals surface area contributed by atoms with E-state index in [-0.39, 0.29) is 17.3 Å². The Morgan fingerprint density at radius 1 is 1.03 bits per heavy atom. The number of hydrogen-bond donors (Lipinski definition) is 1. The minimum absolute atomic E-state index is 0.0184. The van der Waals surface area contributed by atoms with Crippen molar-refractivity contribution in [2.24, 2.45) is 0 Å². The summed E-state index contributed by atoms with van der Waals surface area (Å²) >= 11 is 2.87. The van der Waals surface area contributed by atoms with E-state index >= 15 is 0 Å². The van der Waals surface area contributed by atoms with Crippen molar-refractivity contribution in [3.8, 4) is 11.5 Å². The zero-order chi connectivity index (χ0) is 27.6. The molecule has 0 saturated heterocycles. The minimum atomic E-state index is -0.273. The second-order valence-corrected chi connectivity index (χ2v) is 10.9. The average Bonchev–Trinajstić information content (AvgIpc) is 3.42. The molecule has 1 amide bonds. The number of benzene rings is 2. The molecule has 0 atom stereocenters. The van der Waals surface area contributed by atoms with Gasteiger partial charge in [-0.15, -0.1) is 11.3 Å². The highest BCUT2D eigenvalue weighted by molar-refractivity contribution is 7.98. The van der Waals surface area contributed by atoms with Gasteiger partial charge in [-0.1, -0.05) is 36.4 Å². The van der Waals surface area contributed by atoms with Gasteiger partial charge in [0.2, 0.25) is 5.91 Å². The molecule has 0 unspecified atom stereocenters. The predicted octanol–water partition coefficient (Wildman–Crippen LogP) is 5.83. The Morgan fingerprint density at radius 3 is 2.56 bits per heavy atom. The van der Waals surface area contributed by atoms with Crippen LogP contribution in [0.1, 0.15) is 36.8 Å². The molecule has 206 valence electrons. The van der Waals surface area contributed by atoms with Crippen molar-refractivity contribution in [3.63, 3.8) is 0 Å². The zero-order valence-electron chi connectivity index (χ0n) is 22.1. The van der Waals surface area contributed by atoms with Crippen LogP contribution in [-0.2, 0) is 23.5 Å². The zero-order valence-corrected chi connectivity index (χ0v) is 23.7. The lowest BCUT2D eigenvalue weighted by atomic mass is 10.1. The Balaban J connectivity index is 1.24. The number of hydrogen-bond acceptors (Lipinski definition) is 7. The Bertz CT molecular complexity index is 1450. The number of thioether (sulfide) groups is 1. The summed E-state index contributed by atoms with van der Waals surface area (Å²) in [6.45, 7) is 1.08. The quantitative estimate of drug-likeness (QED) is 0.117. The van der Waals surface area contributed by atoms with E-state index in [0.29, 0.717) is 58.6 Å². The van der Waals surface area contributed by atoms with Gasteiger partial charge in [0.15, 0.2) is 16.7 Å². The van der Waals surface area contributed by atoms with Crippen molar-refractivity contribution >= 4 is 39.2 Å². The number of unbranched alkanes of at least 4 members (excludes halogenated alkanes) is 2. The van der Waals surface area contributed by atoms with Crippen molar-refractivity contribution in [1.82, 2.24) is 14.9 Å². The number of halogens is 1. The molecule has 0 bridgehead atoms. The third-order valence-corrected chi connectivity index (χ3v) is 8.22. The third-order valence-electron chi connectivity index (χ3n) is 6.28. The van der Waals surface area contributed by atoms with Crippen LogP contribution < -0.4 is 20.3 Å². The fraction of sp³-hybridized carbons (Fsp3) is 0.345. The summed E-state index contributed by atoms with van der Waals surface area (Å²) in [6, 6.07) is 14.0. The van der Waals surface area contributed by atoms with Crippen LogP contribution in [0.15, 0.2) is 63.9 Å². The first-order chi connectivity index (χ1) is 19.0. The maximum atomic E-state index is 13.2. The van der Waals surface area contributed by atoms with Crippen molar-refractivity contribution < 1.29 is 18.7 Å². The third kappa shape index (κ3) is 7.83. The number of nitrogens with one attached hydrogen (secondary N) is 1. The highest BCUT2D eigenvalue weighted by Crippen LogP contribution is 2.28. The number of nitrogens with zero attached hydrogens (tertiary/aromatic N) is 2. The summed E-state index contributed by atoms with van der Waals surface area (Å²) in [5, 5.41) is 5.51. The number of ether oxygens (including phenoxy) is 2. The molecule has 2 aromatic heterocycles. The smallest absolute Gasteiger partial charge is 0.272 e. The van der Waals surface area contributed by atoms with E-state index in [1.54, 1.807) is 30.9 Å². The van der Waals surface area contributed by atoms with Crippen LogP contribution in [0.2, 0.25) is 0 Å². The van der Waals surface area contributed by atoms with Crippen molar-refractivity contribution in [2.45, 2.75) is 49.6 Å². The van der Waals surface area contributed by atoms with E-state index in [1.807, 2.05) is 29.6 Å². The topological polar surface area (TPSA) is 82.5 Å². The first kappa shape index (κ1) is 28.6. The van der Waals surface area contributed by atoms with Crippen LogP contribution in [0.3, 0.4) is 0 Å². The Hall–Kier alpha value is -3.37. The predicted molar refractivity (Wildman–Crippen MR) is 155 cm³/mol. The average molecular weight is 570 g/mol. The molecule has 4 rings (SSSR count). The number of carbonyl (C=O) groups excluding carboxylic acids is 1. The van der Waals surface area contributed by atoms with Crippen LogP contribution in [0.25, 0.3) is 10.2 Å². The second-order valence-electron chi connectivity index (χ2n) is 9.00. The first-order valence-electron chi connectivity index (χ1n) is 12.8. The molecule has 2 heterocycles. The molecule has 2 aromatic carbocycles. The summed E-state index contributed by atoms with van der Waals surface area (Å²) in [5.74, 6) is 1.68. The molecule has 0 radical (unpaired) electrons. The van der Waals surface area contributed by atoms with Gasteiger partial charge in [-0.05, 0) is 66.1 Å². The van der Waals surface area contributed by atoms with E-state index in [1.165, 1.54) is 35.2 Å². The Kier molecular flexibility index (Phi) is 10.4. The lowest BCUT2D eigenvalue weighted by molar-refractivity contribution is -0.121. The fourth-order valence-corrected chi connectivity index (χ4v) is 5.92. The number of methoxy groups -OCH3 is 2. The number of aromatic nitrogens is 2. The van der Waals surface area contributed by atoms with Crippen LogP contribution in [0, 0.1) is 5.82 Å². The van der Waals surface area contributed by atoms with Gasteiger partial charge >= 0.3 is 0 Å². The van der Waals surface area contributed by atoms with E-state index < -0.39 is 0 Å². The van der Waals surface area contributed by atoms with Gasteiger partial charge in [-0.3, -0.25) is 14.2 Å². The molecule has 39 heavy (non-hydrogen) atoms. The Labute approximate surface area is 235 Å². The SMILES string of the molecule is COc1ccc(CCNC(=O)CCCCCn2c(SCc3ccc(F)cc3)nc3ccsc3c2=O)cc1OC. The van der Waals surface area contributed by atoms with Gasteiger partial charge in [0, 0.05) is 25.3 Å². The number of amides is 1. The number of carbonyl (C=O) groups is 1. The van der Waals surface area contributed by atoms with Gasteiger partial charge in [-0.25, -0.2) is 9.37 Å². The largest absolute Gasteiger partial charge is 0.493 e. The maximum absolute atomic E-state index is 13.2. The van der Waals surface area contributed by atoms with Crippen LogP contribution in [-0.4, -0.2) is 36.2 Å². The Morgan fingerprint density at radius 2 is 1.79 bits per heavy atom. The monoisotopic (exact) mass is 569 g/mol. The summed E-state index contributed by atoms with van der Waals surface area (Å²) < 4.78 is 26.2. The van der Waals surface area contributed by atoms with E-state index in [4.69, 9.17) is 14.5 Å². The summed E-state index contributed by atoms with van der Waals surface area (Å²) in [4.78, 5) is 30.2.